The van der Waals surface area contributed by atoms with Crippen LogP contribution in [0.25, 0.3) is 0 Å². The Kier molecular flexibility index (Phi) is 8.01. The van der Waals surface area contributed by atoms with E-state index in [1.807, 2.05) is 0 Å². The van der Waals surface area contributed by atoms with Crippen molar-refractivity contribution in [2.75, 3.05) is 5.08 Å². The lowest BCUT2D eigenvalue weighted by atomic mass is 10.3. The van der Waals surface area contributed by atoms with Crippen LogP contribution in [-0.2, 0) is 32.6 Å². The fourth-order valence-corrected chi connectivity index (χ4v) is 4.27. The summed E-state index contributed by atoms with van der Waals surface area (Å²) in [5.74, 6) is 0. The summed E-state index contributed by atoms with van der Waals surface area (Å²) in [4.78, 5) is 0. The van der Waals surface area contributed by atoms with Crippen molar-refractivity contribution in [3.8, 4) is 0 Å². The topological polar surface area (TPSA) is 73.2 Å². The molecule has 5 nitrogen and oxygen atoms in total. The van der Waals surface area contributed by atoms with Gasteiger partial charge in [-0.25, -0.2) is 16.8 Å². The summed E-state index contributed by atoms with van der Waals surface area (Å²) in [7, 11) is -12.7. The van der Waals surface area contributed by atoms with Crippen LogP contribution < -0.4 is 0 Å². The third-order valence-electron chi connectivity index (χ3n) is 2.77. The molecule has 0 aliphatic heterocycles. The molecule has 13 heteroatoms. The summed E-state index contributed by atoms with van der Waals surface area (Å²) in [5, 5.41) is -3.03. The second kappa shape index (κ2) is 8.43. The van der Waals surface area contributed by atoms with Gasteiger partial charge in [-0.1, -0.05) is 13.8 Å². The zero-order valence-corrected chi connectivity index (χ0v) is 14.9. The van der Waals surface area contributed by atoms with E-state index in [-0.39, 0.29) is 0 Å². The van der Waals surface area contributed by atoms with Gasteiger partial charge in [-0.3, -0.25) is 0 Å². The molecule has 0 atom stereocenters. The van der Waals surface area contributed by atoms with E-state index in [0.717, 1.165) is 13.0 Å². The van der Waals surface area contributed by atoms with E-state index in [2.05, 4.69) is 36.7 Å². The van der Waals surface area contributed by atoms with Crippen LogP contribution in [0.2, 0.25) is 0 Å². The van der Waals surface area contributed by atoms with Gasteiger partial charge in [-0.15, -0.1) is 0 Å². The third kappa shape index (κ3) is 6.88. The van der Waals surface area contributed by atoms with Crippen molar-refractivity contribution < 1.29 is 43.2 Å². The summed E-state index contributed by atoms with van der Waals surface area (Å²) in [6.45, 7) is 5.57. The van der Waals surface area contributed by atoms with Crippen LogP contribution in [0.15, 0.2) is 18.3 Å². The molecular formula is C12H17F6NO4S2. The standard InChI is InChI=1S/C9H15N.C3H2F6O4S2/c1-3-7-10-8-5-6-9(10)4-2;4-2(5,6)14(10,11)1-15(12,13)3(7,8)9/h5-6,8H,3-4,7H2,1-2H3;1H2. The number of aryl methyl sites for hydroxylation is 2. The van der Waals surface area contributed by atoms with Gasteiger partial charge in [0.25, 0.3) is 19.7 Å². The normalized spacial score (nSPS) is 13.3. The second-order valence-electron chi connectivity index (χ2n) is 4.79. The molecule has 148 valence electrons. The first-order chi connectivity index (χ1) is 11.1. The predicted octanol–water partition coefficient (Wildman–Crippen LogP) is 3.27. The number of aromatic nitrogens is 1. The molecule has 0 radical (unpaired) electrons. The van der Waals surface area contributed by atoms with Gasteiger partial charge in [0.1, 0.15) is 0 Å². The molecule has 0 aliphatic carbocycles. The van der Waals surface area contributed by atoms with Crippen LogP contribution in [0, 0.1) is 0 Å². The van der Waals surface area contributed by atoms with Gasteiger partial charge in [-0.05, 0) is 25.0 Å². The number of rotatable bonds is 5. The van der Waals surface area contributed by atoms with E-state index in [0.29, 0.717) is 0 Å². The molecule has 0 unspecified atom stereocenters. The van der Waals surface area contributed by atoms with Gasteiger partial charge >= 0.3 is 11.0 Å². The lowest BCUT2D eigenvalue weighted by Gasteiger charge is -2.10. The summed E-state index contributed by atoms with van der Waals surface area (Å²) < 4.78 is 112. The maximum atomic E-state index is 11.5. The predicted molar refractivity (Wildman–Crippen MR) is 78.9 cm³/mol. The van der Waals surface area contributed by atoms with Crippen LogP contribution in [-0.4, -0.2) is 37.5 Å². The Morgan fingerprint density at radius 3 is 1.68 bits per heavy atom. The maximum Gasteiger partial charge on any atom is 0.498 e. The highest BCUT2D eigenvalue weighted by atomic mass is 32.3. The Bertz CT molecular complexity index is 705. The van der Waals surface area contributed by atoms with Gasteiger partial charge in [-0.2, -0.15) is 26.3 Å². The Morgan fingerprint density at radius 2 is 1.36 bits per heavy atom. The monoisotopic (exact) mass is 417 g/mol. The van der Waals surface area contributed by atoms with Gasteiger partial charge < -0.3 is 4.57 Å². The van der Waals surface area contributed by atoms with E-state index in [1.165, 1.54) is 12.1 Å². The minimum atomic E-state index is -6.35. The van der Waals surface area contributed by atoms with E-state index >= 15 is 0 Å². The molecule has 1 aromatic rings. The Hall–Kier alpha value is -1.24. The molecule has 25 heavy (non-hydrogen) atoms. The molecule has 0 aromatic carbocycles. The third-order valence-corrected chi connectivity index (χ3v) is 6.66. The first-order valence-electron chi connectivity index (χ1n) is 6.81. The highest BCUT2D eigenvalue weighted by molar-refractivity contribution is 8.08. The van der Waals surface area contributed by atoms with Crippen LogP contribution in [0.3, 0.4) is 0 Å². The van der Waals surface area contributed by atoms with Gasteiger partial charge in [0, 0.05) is 18.4 Å². The number of hydrogen-bond donors (Lipinski definition) is 0. The molecule has 1 aromatic heterocycles. The molecular weight excluding hydrogens is 400 g/mol. The average Bonchev–Trinajstić information content (AvgIpc) is 2.83. The zero-order valence-electron chi connectivity index (χ0n) is 13.2. The fourth-order valence-electron chi connectivity index (χ4n) is 1.57. The summed E-state index contributed by atoms with van der Waals surface area (Å²) in [6.07, 6.45) is 4.52. The Morgan fingerprint density at radius 1 is 0.920 bits per heavy atom. The van der Waals surface area contributed by atoms with Crippen molar-refractivity contribution >= 4 is 19.7 Å². The number of nitrogens with zero attached hydrogens (tertiary/aromatic N) is 1. The van der Waals surface area contributed by atoms with Crippen molar-refractivity contribution in [2.24, 2.45) is 0 Å². The molecule has 0 spiro atoms. The molecule has 0 fully saturated rings. The lowest BCUT2D eigenvalue weighted by molar-refractivity contribution is -0.0456. The van der Waals surface area contributed by atoms with E-state index in [1.54, 1.807) is 0 Å². The number of halogens is 6. The highest BCUT2D eigenvalue weighted by Crippen LogP contribution is 2.30. The lowest BCUT2D eigenvalue weighted by Crippen LogP contribution is -2.36. The average molecular weight is 417 g/mol. The summed E-state index contributed by atoms with van der Waals surface area (Å²) >= 11 is 0. The zero-order chi connectivity index (χ0) is 20.1. The number of alkyl halides is 6. The van der Waals surface area contributed by atoms with Crippen LogP contribution in [0.1, 0.15) is 26.0 Å². The van der Waals surface area contributed by atoms with Crippen molar-refractivity contribution in [3.05, 3.63) is 24.0 Å². The van der Waals surface area contributed by atoms with Crippen molar-refractivity contribution in [3.63, 3.8) is 0 Å². The molecule has 0 amide bonds. The minimum absolute atomic E-state index is 1.15. The first kappa shape index (κ1) is 23.8. The number of sulfone groups is 2. The summed E-state index contributed by atoms with van der Waals surface area (Å²) in [5.41, 5.74) is -10.6. The smallest absolute Gasteiger partial charge is 0.351 e. The molecule has 0 bridgehead atoms. The fraction of sp³-hybridized carbons (Fsp3) is 0.667. The maximum absolute atomic E-state index is 11.5. The minimum Gasteiger partial charge on any atom is -0.351 e. The molecule has 0 saturated carbocycles. The molecule has 1 rings (SSSR count). The van der Waals surface area contributed by atoms with Crippen LogP contribution in [0.4, 0.5) is 26.3 Å². The largest absolute Gasteiger partial charge is 0.498 e. The van der Waals surface area contributed by atoms with Crippen molar-refractivity contribution in [1.29, 1.82) is 0 Å². The van der Waals surface area contributed by atoms with E-state index in [9.17, 15) is 43.2 Å². The quantitative estimate of drug-likeness (QED) is 0.690. The molecule has 0 N–H and O–H groups in total. The second-order valence-corrected chi connectivity index (χ2v) is 9.11. The molecule has 1 heterocycles. The van der Waals surface area contributed by atoms with Crippen LogP contribution in [0.5, 0.6) is 0 Å². The summed E-state index contributed by atoms with van der Waals surface area (Å²) in [6, 6.07) is 4.31. The SMILES string of the molecule is CCCn1cccc1CC.O=S(=O)(CS(=O)(=O)C(F)(F)F)C(F)(F)F. The van der Waals surface area contributed by atoms with E-state index in [4.69, 9.17) is 0 Å². The Balaban J connectivity index is 0.000000496. The first-order valence-corrected chi connectivity index (χ1v) is 10.1. The van der Waals surface area contributed by atoms with E-state index < -0.39 is 35.8 Å². The molecule has 0 saturated heterocycles. The van der Waals surface area contributed by atoms with Crippen molar-refractivity contribution in [2.45, 2.75) is 44.3 Å². The Labute approximate surface area is 141 Å². The van der Waals surface area contributed by atoms with Crippen LogP contribution >= 0.6 is 0 Å². The van der Waals surface area contributed by atoms with Gasteiger partial charge in [0.05, 0.1) is 0 Å². The van der Waals surface area contributed by atoms with Gasteiger partial charge in [0.15, 0.2) is 5.08 Å². The van der Waals surface area contributed by atoms with Crippen molar-refractivity contribution in [1.82, 2.24) is 4.57 Å². The molecule has 0 aliphatic rings. The number of hydrogen-bond acceptors (Lipinski definition) is 4. The highest BCUT2D eigenvalue weighted by Gasteiger charge is 2.55. The van der Waals surface area contributed by atoms with Gasteiger partial charge in [0.2, 0.25) is 0 Å².